The molecule has 0 aromatic carbocycles. The Bertz CT molecular complexity index is 470. The average Bonchev–Trinajstić information content (AvgIpc) is 2.95. The molecule has 108 valence electrons. The summed E-state index contributed by atoms with van der Waals surface area (Å²) in [6.45, 7) is 1.73. The van der Waals surface area contributed by atoms with Crippen LogP contribution in [0.25, 0.3) is 0 Å². The maximum Gasteiger partial charge on any atom is 0.221 e. The van der Waals surface area contributed by atoms with E-state index >= 15 is 0 Å². The van der Waals surface area contributed by atoms with Gasteiger partial charge >= 0.3 is 0 Å². The zero-order valence-corrected chi connectivity index (χ0v) is 12.7. The number of hydrogen-bond donors (Lipinski definition) is 1. The van der Waals surface area contributed by atoms with Crippen molar-refractivity contribution in [1.29, 1.82) is 5.26 Å². The standard InChI is InChI=1S/C15H21N3OS/c1-18-9-7-15(12-16,8-10-18)17-14(19)6-2-4-13-5-3-11-20-13/h3,5,11H,2,4,6-10H2,1H3,(H,17,19). The van der Waals surface area contributed by atoms with Gasteiger partial charge in [-0.1, -0.05) is 6.07 Å². The number of rotatable bonds is 5. The first-order chi connectivity index (χ1) is 9.63. The first kappa shape index (κ1) is 15.0. The SMILES string of the molecule is CN1CCC(C#N)(NC(=O)CCCc2cccs2)CC1. The second-order valence-corrected chi connectivity index (χ2v) is 6.51. The molecule has 0 aliphatic carbocycles. The van der Waals surface area contributed by atoms with Crippen LogP contribution in [0.3, 0.4) is 0 Å². The minimum Gasteiger partial charge on any atom is -0.338 e. The summed E-state index contributed by atoms with van der Waals surface area (Å²) in [5, 5.41) is 14.4. The highest BCUT2D eigenvalue weighted by Crippen LogP contribution is 2.21. The fourth-order valence-corrected chi connectivity index (χ4v) is 3.22. The second kappa shape index (κ2) is 6.87. The molecule has 1 N–H and O–H groups in total. The lowest BCUT2D eigenvalue weighted by atomic mass is 9.89. The zero-order chi connectivity index (χ0) is 14.4. The van der Waals surface area contributed by atoms with Crippen LogP contribution >= 0.6 is 11.3 Å². The van der Waals surface area contributed by atoms with E-state index in [1.807, 2.05) is 13.1 Å². The molecule has 0 spiro atoms. The number of thiophene rings is 1. The third kappa shape index (κ3) is 4.06. The van der Waals surface area contributed by atoms with Crippen LogP contribution in [0.2, 0.25) is 0 Å². The number of hydrogen-bond acceptors (Lipinski definition) is 4. The van der Waals surface area contributed by atoms with Crippen molar-refractivity contribution in [3.05, 3.63) is 22.4 Å². The van der Waals surface area contributed by atoms with Crippen molar-refractivity contribution in [2.75, 3.05) is 20.1 Å². The summed E-state index contributed by atoms with van der Waals surface area (Å²) in [6.07, 6.45) is 3.71. The van der Waals surface area contributed by atoms with Gasteiger partial charge in [0.25, 0.3) is 0 Å². The summed E-state index contributed by atoms with van der Waals surface area (Å²) in [6, 6.07) is 6.44. The van der Waals surface area contributed by atoms with Gasteiger partial charge in [0.2, 0.25) is 5.91 Å². The van der Waals surface area contributed by atoms with Gasteiger partial charge in [-0.15, -0.1) is 11.3 Å². The van der Waals surface area contributed by atoms with Crippen LogP contribution in [0.15, 0.2) is 17.5 Å². The van der Waals surface area contributed by atoms with Crippen LogP contribution in [-0.4, -0.2) is 36.5 Å². The van der Waals surface area contributed by atoms with E-state index in [0.29, 0.717) is 6.42 Å². The molecule has 20 heavy (non-hydrogen) atoms. The van der Waals surface area contributed by atoms with E-state index in [0.717, 1.165) is 38.8 Å². The van der Waals surface area contributed by atoms with Crippen LogP contribution in [-0.2, 0) is 11.2 Å². The van der Waals surface area contributed by atoms with Crippen molar-refractivity contribution in [3.8, 4) is 6.07 Å². The molecular weight excluding hydrogens is 270 g/mol. The minimum absolute atomic E-state index is 0.00709. The smallest absolute Gasteiger partial charge is 0.221 e. The highest BCUT2D eigenvalue weighted by molar-refractivity contribution is 7.09. The third-order valence-electron chi connectivity index (χ3n) is 3.84. The third-order valence-corrected chi connectivity index (χ3v) is 4.78. The molecule has 2 rings (SSSR count). The lowest BCUT2D eigenvalue weighted by molar-refractivity contribution is -0.123. The number of amides is 1. The number of nitrogens with one attached hydrogen (secondary N) is 1. The Morgan fingerprint density at radius 1 is 1.55 bits per heavy atom. The fourth-order valence-electron chi connectivity index (χ4n) is 2.47. The normalized spacial score (nSPS) is 18.4. The summed E-state index contributed by atoms with van der Waals surface area (Å²) in [7, 11) is 2.05. The van der Waals surface area contributed by atoms with E-state index in [-0.39, 0.29) is 5.91 Å². The van der Waals surface area contributed by atoms with Crippen molar-refractivity contribution < 1.29 is 4.79 Å². The Morgan fingerprint density at radius 3 is 2.90 bits per heavy atom. The number of likely N-dealkylation sites (tertiary alicyclic amines) is 1. The molecule has 1 fully saturated rings. The van der Waals surface area contributed by atoms with Crippen LogP contribution in [0.1, 0.15) is 30.6 Å². The highest BCUT2D eigenvalue weighted by atomic mass is 32.1. The fraction of sp³-hybridized carbons (Fsp3) is 0.600. The molecule has 0 bridgehead atoms. The maximum atomic E-state index is 12.0. The van der Waals surface area contributed by atoms with E-state index in [1.165, 1.54) is 4.88 Å². The topological polar surface area (TPSA) is 56.1 Å². The van der Waals surface area contributed by atoms with Gasteiger partial charge in [0.05, 0.1) is 6.07 Å². The predicted molar refractivity (Wildman–Crippen MR) is 80.5 cm³/mol. The van der Waals surface area contributed by atoms with Crippen LogP contribution in [0.4, 0.5) is 0 Å². The van der Waals surface area contributed by atoms with Gasteiger partial charge in [0.1, 0.15) is 5.54 Å². The minimum atomic E-state index is -0.646. The molecule has 0 unspecified atom stereocenters. The van der Waals surface area contributed by atoms with E-state index < -0.39 is 5.54 Å². The van der Waals surface area contributed by atoms with Crippen molar-refractivity contribution in [1.82, 2.24) is 10.2 Å². The van der Waals surface area contributed by atoms with E-state index in [2.05, 4.69) is 27.7 Å². The molecule has 0 radical (unpaired) electrons. The Kier molecular flexibility index (Phi) is 5.16. The first-order valence-corrected chi connectivity index (χ1v) is 7.95. The molecular formula is C15H21N3OS. The number of nitrogens with zero attached hydrogens (tertiary/aromatic N) is 2. The van der Waals surface area contributed by atoms with E-state index in [9.17, 15) is 10.1 Å². The van der Waals surface area contributed by atoms with Gasteiger partial charge in [-0.2, -0.15) is 5.26 Å². The number of nitriles is 1. The molecule has 2 heterocycles. The Hall–Kier alpha value is -1.38. The van der Waals surface area contributed by atoms with Crippen molar-refractivity contribution in [3.63, 3.8) is 0 Å². The van der Waals surface area contributed by atoms with E-state index in [4.69, 9.17) is 0 Å². The largest absolute Gasteiger partial charge is 0.338 e. The van der Waals surface area contributed by atoms with Gasteiger partial charge in [-0.25, -0.2) is 0 Å². The van der Waals surface area contributed by atoms with Crippen LogP contribution < -0.4 is 5.32 Å². The molecule has 0 atom stereocenters. The summed E-state index contributed by atoms with van der Waals surface area (Å²) in [5.41, 5.74) is -0.646. The zero-order valence-electron chi connectivity index (χ0n) is 11.9. The van der Waals surface area contributed by atoms with Crippen LogP contribution in [0, 0.1) is 11.3 Å². The van der Waals surface area contributed by atoms with Crippen molar-refractivity contribution >= 4 is 17.2 Å². The van der Waals surface area contributed by atoms with Gasteiger partial charge in [0, 0.05) is 24.4 Å². The molecule has 1 saturated heterocycles. The molecule has 1 aliphatic heterocycles. The van der Waals surface area contributed by atoms with Gasteiger partial charge < -0.3 is 10.2 Å². The molecule has 1 amide bonds. The highest BCUT2D eigenvalue weighted by Gasteiger charge is 2.34. The number of carbonyl (C=O) groups excluding carboxylic acids is 1. The quantitative estimate of drug-likeness (QED) is 0.904. The molecule has 1 aromatic heterocycles. The average molecular weight is 291 g/mol. The Balaban J connectivity index is 1.76. The molecule has 4 nitrogen and oxygen atoms in total. The summed E-state index contributed by atoms with van der Waals surface area (Å²) in [4.78, 5) is 15.5. The lowest BCUT2D eigenvalue weighted by Gasteiger charge is -2.36. The number of piperidine rings is 1. The maximum absolute atomic E-state index is 12.0. The summed E-state index contributed by atoms with van der Waals surface area (Å²) in [5.74, 6) is 0.00709. The van der Waals surface area contributed by atoms with Crippen molar-refractivity contribution in [2.45, 2.75) is 37.6 Å². The second-order valence-electron chi connectivity index (χ2n) is 5.48. The molecule has 5 heteroatoms. The number of aryl methyl sites for hydroxylation is 1. The Morgan fingerprint density at radius 2 is 2.30 bits per heavy atom. The Labute approximate surface area is 124 Å². The molecule has 1 aromatic rings. The van der Waals surface area contributed by atoms with E-state index in [1.54, 1.807) is 11.3 Å². The molecule has 1 aliphatic rings. The number of carbonyl (C=O) groups is 1. The summed E-state index contributed by atoms with van der Waals surface area (Å²) >= 11 is 1.72. The van der Waals surface area contributed by atoms with Gasteiger partial charge in [0.15, 0.2) is 0 Å². The monoisotopic (exact) mass is 291 g/mol. The predicted octanol–water partition coefficient (Wildman–Crippen LogP) is 2.17. The molecule has 0 saturated carbocycles. The first-order valence-electron chi connectivity index (χ1n) is 7.07. The summed E-state index contributed by atoms with van der Waals surface area (Å²) < 4.78 is 0. The van der Waals surface area contributed by atoms with Crippen molar-refractivity contribution in [2.24, 2.45) is 0 Å². The van der Waals surface area contributed by atoms with Gasteiger partial charge in [-0.3, -0.25) is 4.79 Å². The van der Waals surface area contributed by atoms with Crippen LogP contribution in [0.5, 0.6) is 0 Å². The lowest BCUT2D eigenvalue weighted by Crippen LogP contribution is -2.53. The van der Waals surface area contributed by atoms with Gasteiger partial charge in [-0.05, 0) is 44.2 Å².